The van der Waals surface area contributed by atoms with E-state index in [1.165, 1.54) is 27.4 Å². The average Bonchev–Trinajstić information content (AvgIpc) is 2.49. The van der Waals surface area contributed by atoms with Gasteiger partial charge < -0.3 is 18.9 Å². The fourth-order valence-corrected chi connectivity index (χ4v) is 1.92. The lowest BCUT2D eigenvalue weighted by Crippen LogP contribution is -1.97. The minimum absolute atomic E-state index is 0.0909. The quantitative estimate of drug-likeness (QED) is 0.834. The Morgan fingerprint density at radius 2 is 1.43 bits per heavy atom. The summed E-state index contributed by atoms with van der Waals surface area (Å²) in [5.74, 6) is 2.07. The second kappa shape index (κ2) is 6.69. The molecule has 6 nitrogen and oxygen atoms in total. The predicted octanol–water partition coefficient (Wildman–Crippen LogP) is 3.60. The number of aromatic nitrogens is 2. The van der Waals surface area contributed by atoms with Gasteiger partial charge in [-0.2, -0.15) is 0 Å². The number of benzene rings is 1. The first-order valence-electron chi connectivity index (χ1n) is 5.75. The molecular formula is C13H12Cl2N2O4. The molecule has 1 aromatic carbocycles. The molecule has 112 valence electrons. The molecule has 0 fully saturated rings. The average molecular weight is 331 g/mol. The topological polar surface area (TPSA) is 62.7 Å². The van der Waals surface area contributed by atoms with Gasteiger partial charge in [-0.15, -0.1) is 10.2 Å². The van der Waals surface area contributed by atoms with Gasteiger partial charge in [0.15, 0.2) is 27.6 Å². The summed E-state index contributed by atoms with van der Waals surface area (Å²) >= 11 is 11.7. The monoisotopic (exact) mass is 330 g/mol. The largest absolute Gasteiger partial charge is 0.493 e. The van der Waals surface area contributed by atoms with Crippen LogP contribution in [0, 0.1) is 0 Å². The predicted molar refractivity (Wildman–Crippen MR) is 78.2 cm³/mol. The molecule has 0 spiro atoms. The third-order valence-electron chi connectivity index (χ3n) is 2.55. The summed E-state index contributed by atoms with van der Waals surface area (Å²) in [6.07, 6.45) is 0. The van der Waals surface area contributed by atoms with Crippen molar-refractivity contribution in [3.8, 4) is 28.7 Å². The Balaban J connectivity index is 2.42. The van der Waals surface area contributed by atoms with Crippen molar-refractivity contribution in [1.29, 1.82) is 0 Å². The number of halogens is 2. The molecule has 0 amide bonds. The van der Waals surface area contributed by atoms with Gasteiger partial charge in [-0.3, -0.25) is 0 Å². The fraction of sp³-hybridized carbons (Fsp3) is 0.231. The highest BCUT2D eigenvalue weighted by molar-refractivity contribution is 6.32. The van der Waals surface area contributed by atoms with Crippen molar-refractivity contribution >= 4 is 23.2 Å². The molecule has 2 aromatic rings. The first-order valence-corrected chi connectivity index (χ1v) is 6.51. The number of hydrogen-bond acceptors (Lipinski definition) is 6. The molecule has 1 heterocycles. The Morgan fingerprint density at radius 3 is 1.95 bits per heavy atom. The molecule has 0 unspecified atom stereocenters. The van der Waals surface area contributed by atoms with Crippen molar-refractivity contribution in [2.75, 3.05) is 21.3 Å². The third-order valence-corrected chi connectivity index (χ3v) is 3.00. The first kappa shape index (κ1) is 15.5. The Hall–Kier alpha value is -1.92. The molecule has 0 saturated heterocycles. The molecule has 0 bridgehead atoms. The number of hydrogen-bond donors (Lipinski definition) is 0. The molecule has 1 aromatic heterocycles. The summed E-state index contributed by atoms with van der Waals surface area (Å²) in [6.45, 7) is 0. The van der Waals surface area contributed by atoms with E-state index in [2.05, 4.69) is 10.2 Å². The van der Waals surface area contributed by atoms with Gasteiger partial charge in [-0.05, 0) is 0 Å². The minimum atomic E-state index is 0.0909. The molecule has 0 N–H and O–H groups in total. The van der Waals surface area contributed by atoms with E-state index in [4.69, 9.17) is 42.1 Å². The van der Waals surface area contributed by atoms with Crippen LogP contribution in [0.15, 0.2) is 18.2 Å². The van der Waals surface area contributed by atoms with E-state index in [1.54, 1.807) is 12.1 Å². The molecule has 0 aliphatic heterocycles. The van der Waals surface area contributed by atoms with E-state index >= 15 is 0 Å². The molecule has 2 rings (SSSR count). The molecule has 8 heteroatoms. The van der Waals surface area contributed by atoms with E-state index in [-0.39, 0.29) is 16.1 Å². The molecule has 0 atom stereocenters. The molecular weight excluding hydrogens is 319 g/mol. The van der Waals surface area contributed by atoms with Crippen molar-refractivity contribution in [2.45, 2.75) is 0 Å². The molecule has 0 radical (unpaired) electrons. The summed E-state index contributed by atoms with van der Waals surface area (Å²) in [4.78, 5) is 0. The lowest BCUT2D eigenvalue weighted by atomic mass is 10.2. The van der Waals surface area contributed by atoms with E-state index in [0.717, 1.165) is 0 Å². The zero-order chi connectivity index (χ0) is 15.4. The highest BCUT2D eigenvalue weighted by atomic mass is 35.5. The Labute approximate surface area is 131 Å². The van der Waals surface area contributed by atoms with Crippen LogP contribution < -0.4 is 18.9 Å². The zero-order valence-corrected chi connectivity index (χ0v) is 13.0. The van der Waals surface area contributed by atoms with Gasteiger partial charge in [0.05, 0.1) is 21.3 Å². The van der Waals surface area contributed by atoms with Gasteiger partial charge in [0.1, 0.15) is 5.75 Å². The highest BCUT2D eigenvalue weighted by Crippen LogP contribution is 2.42. The van der Waals surface area contributed by atoms with Crippen LogP contribution in [-0.4, -0.2) is 31.5 Å². The maximum Gasteiger partial charge on any atom is 0.203 e. The molecule has 0 aliphatic rings. The van der Waals surface area contributed by atoms with Crippen LogP contribution >= 0.6 is 23.2 Å². The Kier molecular flexibility index (Phi) is 4.93. The molecule has 21 heavy (non-hydrogen) atoms. The second-order valence-corrected chi connectivity index (χ2v) is 4.53. The normalized spacial score (nSPS) is 10.1. The van der Waals surface area contributed by atoms with Crippen molar-refractivity contribution in [3.63, 3.8) is 0 Å². The van der Waals surface area contributed by atoms with E-state index in [9.17, 15) is 0 Å². The van der Waals surface area contributed by atoms with E-state index in [0.29, 0.717) is 23.0 Å². The lowest BCUT2D eigenvalue weighted by Gasteiger charge is -2.14. The van der Waals surface area contributed by atoms with Crippen LogP contribution in [0.1, 0.15) is 0 Å². The lowest BCUT2D eigenvalue weighted by molar-refractivity contribution is 0.321. The summed E-state index contributed by atoms with van der Waals surface area (Å²) < 4.78 is 21.3. The van der Waals surface area contributed by atoms with Gasteiger partial charge in [0.25, 0.3) is 0 Å². The number of ether oxygens (including phenoxy) is 4. The zero-order valence-electron chi connectivity index (χ0n) is 11.5. The van der Waals surface area contributed by atoms with Crippen LogP contribution in [0.25, 0.3) is 0 Å². The molecule has 0 saturated carbocycles. The van der Waals surface area contributed by atoms with Gasteiger partial charge in [0.2, 0.25) is 5.75 Å². The third kappa shape index (κ3) is 3.40. The molecule has 0 aliphatic carbocycles. The summed E-state index contributed by atoms with van der Waals surface area (Å²) in [7, 11) is 4.54. The second-order valence-electron chi connectivity index (χ2n) is 3.79. The van der Waals surface area contributed by atoms with Crippen LogP contribution in [0.3, 0.4) is 0 Å². The van der Waals surface area contributed by atoms with Crippen molar-refractivity contribution in [2.24, 2.45) is 0 Å². The van der Waals surface area contributed by atoms with Crippen molar-refractivity contribution in [3.05, 3.63) is 28.5 Å². The summed E-state index contributed by atoms with van der Waals surface area (Å²) in [5, 5.41) is 7.53. The van der Waals surface area contributed by atoms with Gasteiger partial charge in [-0.25, -0.2) is 0 Å². The van der Waals surface area contributed by atoms with Gasteiger partial charge >= 0.3 is 0 Å². The number of rotatable bonds is 5. The number of methoxy groups -OCH3 is 3. The fourth-order valence-electron chi connectivity index (χ4n) is 1.65. The van der Waals surface area contributed by atoms with Gasteiger partial charge in [0, 0.05) is 18.2 Å². The van der Waals surface area contributed by atoms with Crippen molar-refractivity contribution < 1.29 is 18.9 Å². The van der Waals surface area contributed by atoms with Crippen LogP contribution in [0.5, 0.6) is 28.7 Å². The SMILES string of the molecule is COc1cc(Oc2cc(Cl)nnc2Cl)cc(OC)c1OC. The summed E-state index contributed by atoms with van der Waals surface area (Å²) in [5.41, 5.74) is 0. The van der Waals surface area contributed by atoms with Crippen LogP contribution in [0.4, 0.5) is 0 Å². The highest BCUT2D eigenvalue weighted by Gasteiger charge is 2.15. The standard InChI is InChI=1S/C13H12Cl2N2O4/c1-18-8-4-7(5-9(19-2)12(8)20-3)21-10-6-11(14)16-17-13(10)15/h4-6H,1-3H3. The number of nitrogens with zero attached hydrogens (tertiary/aromatic N) is 2. The Morgan fingerprint density at radius 1 is 0.810 bits per heavy atom. The van der Waals surface area contributed by atoms with Gasteiger partial charge in [-0.1, -0.05) is 23.2 Å². The van der Waals surface area contributed by atoms with E-state index in [1.807, 2.05) is 0 Å². The Bertz CT molecular complexity index is 627. The minimum Gasteiger partial charge on any atom is -0.493 e. The smallest absolute Gasteiger partial charge is 0.203 e. The maximum absolute atomic E-state index is 5.91. The maximum atomic E-state index is 5.91. The van der Waals surface area contributed by atoms with Crippen LogP contribution in [0.2, 0.25) is 10.3 Å². The van der Waals surface area contributed by atoms with Crippen LogP contribution in [-0.2, 0) is 0 Å². The first-order chi connectivity index (χ1) is 10.1. The summed E-state index contributed by atoms with van der Waals surface area (Å²) in [6, 6.07) is 4.72. The van der Waals surface area contributed by atoms with E-state index < -0.39 is 0 Å². The van der Waals surface area contributed by atoms with Crippen molar-refractivity contribution in [1.82, 2.24) is 10.2 Å².